The smallest absolute Gasteiger partial charge is 0.282 e. The molecule has 0 bridgehead atoms. The van der Waals surface area contributed by atoms with E-state index in [1.165, 1.54) is 31.2 Å². The molecule has 7 heteroatoms. The topological polar surface area (TPSA) is 78.5 Å². The van der Waals surface area contributed by atoms with Gasteiger partial charge in [-0.25, -0.2) is 9.29 Å². The molecule has 0 radical (unpaired) electrons. The average molecular weight is 443 g/mol. The fourth-order valence-electron chi connectivity index (χ4n) is 3.71. The van der Waals surface area contributed by atoms with E-state index in [-0.39, 0.29) is 17.2 Å². The molecule has 4 rings (SSSR count). The molecule has 3 aromatic carbocycles. The number of anilines is 3. The van der Waals surface area contributed by atoms with Crippen molar-refractivity contribution in [3.05, 3.63) is 94.9 Å². The van der Waals surface area contributed by atoms with Crippen LogP contribution in [-0.2, 0) is 14.4 Å². The molecule has 0 unspecified atom stereocenters. The predicted octanol–water partition coefficient (Wildman–Crippen LogP) is 4.80. The fourth-order valence-corrected chi connectivity index (χ4v) is 3.71. The van der Waals surface area contributed by atoms with E-state index < -0.39 is 17.6 Å². The summed E-state index contributed by atoms with van der Waals surface area (Å²) in [7, 11) is 0. The number of amides is 3. The van der Waals surface area contributed by atoms with Gasteiger partial charge in [-0.3, -0.25) is 14.4 Å². The van der Waals surface area contributed by atoms with Gasteiger partial charge in [0.2, 0.25) is 5.91 Å². The van der Waals surface area contributed by atoms with Crippen LogP contribution in [0, 0.1) is 19.7 Å². The van der Waals surface area contributed by atoms with Crippen molar-refractivity contribution in [3.8, 4) is 0 Å². The first-order chi connectivity index (χ1) is 15.8. The van der Waals surface area contributed by atoms with Gasteiger partial charge < -0.3 is 10.6 Å². The summed E-state index contributed by atoms with van der Waals surface area (Å²) in [6.45, 7) is 5.18. The van der Waals surface area contributed by atoms with E-state index in [4.69, 9.17) is 0 Å². The van der Waals surface area contributed by atoms with Crippen LogP contribution in [0.15, 0.2) is 72.4 Å². The predicted molar refractivity (Wildman–Crippen MR) is 126 cm³/mol. The number of carbonyl (C=O) groups excluding carboxylic acids is 3. The Morgan fingerprint density at radius 3 is 2.12 bits per heavy atom. The van der Waals surface area contributed by atoms with Gasteiger partial charge in [0.1, 0.15) is 11.5 Å². The SMILES string of the molecule is CC(=O)Nc1ccc(NC2=C(c3ccc(F)cc3)C(=O)N(c3cccc(C)c3C)C2=O)cc1. The maximum Gasteiger partial charge on any atom is 0.282 e. The van der Waals surface area contributed by atoms with Crippen LogP contribution in [0.1, 0.15) is 23.6 Å². The van der Waals surface area contributed by atoms with Crippen molar-refractivity contribution in [1.29, 1.82) is 0 Å². The van der Waals surface area contributed by atoms with Crippen molar-refractivity contribution < 1.29 is 18.8 Å². The van der Waals surface area contributed by atoms with Crippen molar-refractivity contribution in [2.24, 2.45) is 0 Å². The van der Waals surface area contributed by atoms with Gasteiger partial charge in [0.05, 0.1) is 11.3 Å². The molecule has 1 aliphatic heterocycles. The summed E-state index contributed by atoms with van der Waals surface area (Å²) in [5.74, 6) is -1.63. The quantitative estimate of drug-likeness (QED) is 0.556. The third-order valence-corrected chi connectivity index (χ3v) is 5.51. The first-order valence-corrected chi connectivity index (χ1v) is 10.4. The second-order valence-corrected chi connectivity index (χ2v) is 7.81. The molecular weight excluding hydrogens is 421 g/mol. The van der Waals surface area contributed by atoms with Crippen LogP contribution in [0.4, 0.5) is 21.5 Å². The molecule has 1 aliphatic rings. The van der Waals surface area contributed by atoms with Crippen molar-refractivity contribution in [3.63, 3.8) is 0 Å². The Morgan fingerprint density at radius 1 is 0.848 bits per heavy atom. The highest BCUT2D eigenvalue weighted by Gasteiger charge is 2.40. The lowest BCUT2D eigenvalue weighted by Crippen LogP contribution is -2.33. The Labute approximate surface area is 190 Å². The van der Waals surface area contributed by atoms with Gasteiger partial charge in [-0.1, -0.05) is 24.3 Å². The molecule has 166 valence electrons. The standard InChI is InChI=1S/C26H22FN3O3/c1-15-5-4-6-22(16(15)2)30-25(32)23(18-7-9-19(27)10-8-18)24(26(30)33)29-21-13-11-20(12-14-21)28-17(3)31/h4-14,29H,1-3H3,(H,28,31). The van der Waals surface area contributed by atoms with E-state index in [2.05, 4.69) is 10.6 Å². The number of imide groups is 1. The van der Waals surface area contributed by atoms with Crippen LogP contribution in [-0.4, -0.2) is 17.7 Å². The van der Waals surface area contributed by atoms with E-state index in [1.54, 1.807) is 36.4 Å². The molecule has 0 fully saturated rings. The highest BCUT2D eigenvalue weighted by Crippen LogP contribution is 2.35. The summed E-state index contributed by atoms with van der Waals surface area (Å²) in [4.78, 5) is 39.4. The third-order valence-electron chi connectivity index (χ3n) is 5.51. The number of hydrogen-bond acceptors (Lipinski definition) is 4. The number of nitrogens with zero attached hydrogens (tertiary/aromatic N) is 1. The third kappa shape index (κ3) is 4.25. The molecular formula is C26H22FN3O3. The van der Waals surface area contributed by atoms with Gasteiger partial charge >= 0.3 is 0 Å². The number of rotatable bonds is 5. The molecule has 0 aliphatic carbocycles. The zero-order valence-electron chi connectivity index (χ0n) is 18.4. The Balaban J connectivity index is 1.78. The molecule has 0 saturated heterocycles. The molecule has 6 nitrogen and oxygen atoms in total. The number of halogens is 1. The summed E-state index contributed by atoms with van der Waals surface area (Å²) >= 11 is 0. The zero-order valence-corrected chi connectivity index (χ0v) is 18.4. The lowest BCUT2D eigenvalue weighted by atomic mass is 10.0. The Bertz CT molecular complexity index is 1300. The number of nitrogens with one attached hydrogen (secondary N) is 2. The van der Waals surface area contributed by atoms with Crippen molar-refractivity contribution in [2.45, 2.75) is 20.8 Å². The minimum atomic E-state index is -0.501. The Hall–Kier alpha value is -4.26. The van der Waals surface area contributed by atoms with Crippen molar-refractivity contribution >= 4 is 40.4 Å². The molecule has 0 aromatic heterocycles. The second-order valence-electron chi connectivity index (χ2n) is 7.81. The largest absolute Gasteiger partial charge is 0.350 e. The minimum Gasteiger partial charge on any atom is -0.350 e. The van der Waals surface area contributed by atoms with E-state index in [1.807, 2.05) is 19.9 Å². The molecule has 3 aromatic rings. The summed E-state index contributed by atoms with van der Waals surface area (Å²) in [6.07, 6.45) is 0. The highest BCUT2D eigenvalue weighted by atomic mass is 19.1. The Kier molecular flexibility index (Phi) is 5.79. The lowest BCUT2D eigenvalue weighted by molar-refractivity contribution is -0.120. The first-order valence-electron chi connectivity index (χ1n) is 10.4. The zero-order chi connectivity index (χ0) is 23.7. The van der Waals surface area contributed by atoms with Crippen LogP contribution in [0.5, 0.6) is 0 Å². The van der Waals surface area contributed by atoms with E-state index >= 15 is 0 Å². The number of aryl methyl sites for hydroxylation is 1. The van der Waals surface area contributed by atoms with Crippen LogP contribution < -0.4 is 15.5 Å². The van der Waals surface area contributed by atoms with Gasteiger partial charge in [0, 0.05) is 18.3 Å². The summed E-state index contributed by atoms with van der Waals surface area (Å²) < 4.78 is 13.5. The van der Waals surface area contributed by atoms with Crippen LogP contribution in [0.25, 0.3) is 5.57 Å². The maximum absolute atomic E-state index is 13.5. The van der Waals surface area contributed by atoms with Gasteiger partial charge in [0.25, 0.3) is 11.8 Å². The van der Waals surface area contributed by atoms with Gasteiger partial charge in [-0.2, -0.15) is 0 Å². The normalized spacial score (nSPS) is 13.5. The molecule has 0 saturated carbocycles. The number of carbonyl (C=O) groups is 3. The van der Waals surface area contributed by atoms with Crippen LogP contribution >= 0.6 is 0 Å². The van der Waals surface area contributed by atoms with E-state index in [9.17, 15) is 18.8 Å². The monoisotopic (exact) mass is 443 g/mol. The van der Waals surface area contributed by atoms with E-state index in [0.717, 1.165) is 16.0 Å². The Morgan fingerprint density at radius 2 is 1.48 bits per heavy atom. The summed E-state index contributed by atoms with van der Waals surface area (Å²) in [5, 5.41) is 5.74. The second kappa shape index (κ2) is 8.70. The lowest BCUT2D eigenvalue weighted by Gasteiger charge is -2.19. The molecule has 3 amide bonds. The van der Waals surface area contributed by atoms with Gasteiger partial charge in [0.15, 0.2) is 0 Å². The van der Waals surface area contributed by atoms with Crippen LogP contribution in [0.3, 0.4) is 0 Å². The molecule has 2 N–H and O–H groups in total. The summed E-state index contributed by atoms with van der Waals surface area (Å²) in [6, 6.07) is 17.6. The van der Waals surface area contributed by atoms with Crippen LogP contribution in [0.2, 0.25) is 0 Å². The summed E-state index contributed by atoms with van der Waals surface area (Å²) in [5.41, 5.74) is 4.12. The van der Waals surface area contributed by atoms with Gasteiger partial charge in [-0.15, -0.1) is 0 Å². The average Bonchev–Trinajstić information content (AvgIpc) is 3.01. The maximum atomic E-state index is 13.5. The van der Waals surface area contributed by atoms with E-state index in [0.29, 0.717) is 22.6 Å². The number of benzene rings is 3. The minimum absolute atomic E-state index is 0.0970. The molecule has 0 atom stereocenters. The highest BCUT2D eigenvalue weighted by molar-refractivity contribution is 6.46. The molecule has 0 spiro atoms. The molecule has 1 heterocycles. The van der Waals surface area contributed by atoms with Gasteiger partial charge in [-0.05, 0) is 73.0 Å². The molecule has 33 heavy (non-hydrogen) atoms. The van der Waals surface area contributed by atoms with Crippen molar-refractivity contribution in [1.82, 2.24) is 0 Å². The van der Waals surface area contributed by atoms with Crippen molar-refractivity contribution in [2.75, 3.05) is 15.5 Å². The fraction of sp³-hybridized carbons (Fsp3) is 0.115. The number of hydrogen-bond donors (Lipinski definition) is 2. The first kappa shape index (κ1) is 22.0.